The molecule has 0 saturated carbocycles. The summed E-state index contributed by atoms with van der Waals surface area (Å²) in [5.41, 5.74) is 1.88. The SMILES string of the molecule is CCC(=O)Oc1cn(-c2ccccc2)nc1OCc1ccccc1. The molecule has 0 aliphatic carbocycles. The number of para-hydroxylation sites is 1. The standard InChI is InChI=1S/C19H18N2O3/c1-2-18(22)24-17-13-21(16-11-7-4-8-12-16)20-19(17)23-14-15-9-5-3-6-10-15/h3-13H,2,14H2,1H3. The monoisotopic (exact) mass is 322 g/mol. The molecule has 0 saturated heterocycles. The van der Waals surface area contributed by atoms with E-state index in [0.29, 0.717) is 18.2 Å². The lowest BCUT2D eigenvalue weighted by atomic mass is 10.2. The van der Waals surface area contributed by atoms with Crippen molar-refractivity contribution >= 4 is 5.97 Å². The van der Waals surface area contributed by atoms with E-state index in [-0.39, 0.29) is 12.4 Å². The highest BCUT2D eigenvalue weighted by atomic mass is 16.6. The number of carbonyl (C=O) groups excluding carboxylic acids is 1. The van der Waals surface area contributed by atoms with Crippen molar-refractivity contribution < 1.29 is 14.3 Å². The van der Waals surface area contributed by atoms with Crippen LogP contribution in [0.5, 0.6) is 11.6 Å². The number of aromatic nitrogens is 2. The molecule has 0 bridgehead atoms. The van der Waals surface area contributed by atoms with Crippen molar-refractivity contribution in [3.63, 3.8) is 0 Å². The van der Waals surface area contributed by atoms with E-state index in [0.717, 1.165) is 11.3 Å². The first-order valence-corrected chi connectivity index (χ1v) is 7.78. The zero-order valence-corrected chi connectivity index (χ0v) is 13.4. The largest absolute Gasteiger partial charge is 0.469 e. The Morgan fingerprint density at radius 2 is 1.71 bits per heavy atom. The number of rotatable bonds is 6. The van der Waals surface area contributed by atoms with Gasteiger partial charge in [-0.05, 0) is 17.7 Å². The van der Waals surface area contributed by atoms with Gasteiger partial charge in [-0.25, -0.2) is 4.68 Å². The number of carbonyl (C=O) groups is 1. The van der Waals surface area contributed by atoms with Crippen molar-refractivity contribution in [1.82, 2.24) is 9.78 Å². The van der Waals surface area contributed by atoms with Crippen molar-refractivity contribution in [2.45, 2.75) is 20.0 Å². The molecule has 0 radical (unpaired) electrons. The Balaban J connectivity index is 1.84. The fraction of sp³-hybridized carbons (Fsp3) is 0.158. The molecule has 122 valence electrons. The summed E-state index contributed by atoms with van der Waals surface area (Å²) < 4.78 is 12.7. The molecule has 0 unspecified atom stereocenters. The Morgan fingerprint density at radius 1 is 1.04 bits per heavy atom. The van der Waals surface area contributed by atoms with Gasteiger partial charge in [0, 0.05) is 6.42 Å². The van der Waals surface area contributed by atoms with Crippen molar-refractivity contribution in [3.8, 4) is 17.3 Å². The minimum atomic E-state index is -0.327. The van der Waals surface area contributed by atoms with Crippen molar-refractivity contribution in [2.75, 3.05) is 0 Å². The van der Waals surface area contributed by atoms with Crippen LogP contribution in [0.1, 0.15) is 18.9 Å². The summed E-state index contributed by atoms with van der Waals surface area (Å²) >= 11 is 0. The van der Waals surface area contributed by atoms with Gasteiger partial charge in [0.1, 0.15) is 6.61 Å². The van der Waals surface area contributed by atoms with Gasteiger partial charge in [0.25, 0.3) is 5.88 Å². The highest BCUT2D eigenvalue weighted by Gasteiger charge is 2.16. The third-order valence-corrected chi connectivity index (χ3v) is 3.40. The summed E-state index contributed by atoms with van der Waals surface area (Å²) in [4.78, 5) is 11.6. The number of nitrogens with zero attached hydrogens (tertiary/aromatic N) is 2. The first-order chi connectivity index (χ1) is 11.8. The van der Waals surface area contributed by atoms with Gasteiger partial charge in [0.15, 0.2) is 0 Å². The molecule has 3 aromatic rings. The molecule has 0 spiro atoms. The summed E-state index contributed by atoms with van der Waals surface area (Å²) in [5.74, 6) is 0.290. The Morgan fingerprint density at radius 3 is 2.38 bits per heavy atom. The minimum Gasteiger partial charge on any atom is -0.469 e. The maximum atomic E-state index is 11.6. The van der Waals surface area contributed by atoms with Crippen LogP contribution in [0.15, 0.2) is 66.9 Å². The first kappa shape index (κ1) is 15.8. The van der Waals surface area contributed by atoms with E-state index in [1.54, 1.807) is 17.8 Å². The summed E-state index contributed by atoms with van der Waals surface area (Å²) in [7, 11) is 0. The molecule has 1 aromatic heterocycles. The lowest BCUT2D eigenvalue weighted by Crippen LogP contribution is -2.06. The normalized spacial score (nSPS) is 10.4. The lowest BCUT2D eigenvalue weighted by Gasteiger charge is -2.05. The van der Waals surface area contributed by atoms with Crippen LogP contribution in [0.25, 0.3) is 5.69 Å². The molecular formula is C19H18N2O3. The molecule has 5 nitrogen and oxygen atoms in total. The molecule has 1 heterocycles. The maximum Gasteiger partial charge on any atom is 0.311 e. The third kappa shape index (κ3) is 3.81. The van der Waals surface area contributed by atoms with E-state index in [4.69, 9.17) is 9.47 Å². The highest BCUT2D eigenvalue weighted by Crippen LogP contribution is 2.28. The van der Waals surface area contributed by atoms with Gasteiger partial charge in [0.05, 0.1) is 11.9 Å². The number of hydrogen-bond acceptors (Lipinski definition) is 4. The zero-order valence-electron chi connectivity index (χ0n) is 13.4. The summed E-state index contributed by atoms with van der Waals surface area (Å²) in [6, 6.07) is 19.4. The number of esters is 1. The Kier molecular flexibility index (Phi) is 4.91. The summed E-state index contributed by atoms with van der Waals surface area (Å²) in [6.45, 7) is 2.10. The Labute approximate surface area is 140 Å². The molecule has 2 aromatic carbocycles. The molecule has 0 atom stereocenters. The van der Waals surface area contributed by atoms with E-state index >= 15 is 0 Å². The second-order valence-corrected chi connectivity index (χ2v) is 5.18. The summed E-state index contributed by atoms with van der Waals surface area (Å²) in [5, 5.41) is 4.40. The van der Waals surface area contributed by atoms with Gasteiger partial charge in [-0.1, -0.05) is 55.5 Å². The fourth-order valence-corrected chi connectivity index (χ4v) is 2.15. The number of benzene rings is 2. The van der Waals surface area contributed by atoms with Gasteiger partial charge in [0.2, 0.25) is 5.75 Å². The molecule has 0 aliphatic rings. The van der Waals surface area contributed by atoms with E-state index in [1.165, 1.54) is 0 Å². The minimum absolute atomic E-state index is 0.286. The average molecular weight is 322 g/mol. The van der Waals surface area contributed by atoms with Gasteiger partial charge < -0.3 is 9.47 Å². The summed E-state index contributed by atoms with van der Waals surface area (Å²) in [6.07, 6.45) is 1.94. The van der Waals surface area contributed by atoms with Gasteiger partial charge in [-0.3, -0.25) is 4.79 Å². The van der Waals surface area contributed by atoms with Gasteiger partial charge in [-0.2, -0.15) is 0 Å². The van der Waals surface area contributed by atoms with Crippen LogP contribution in [-0.2, 0) is 11.4 Å². The first-order valence-electron chi connectivity index (χ1n) is 7.78. The quantitative estimate of drug-likeness (QED) is 0.648. The van der Waals surface area contributed by atoms with Gasteiger partial charge >= 0.3 is 5.97 Å². The topological polar surface area (TPSA) is 53.4 Å². The van der Waals surface area contributed by atoms with Crippen LogP contribution < -0.4 is 9.47 Å². The van der Waals surface area contributed by atoms with E-state index < -0.39 is 0 Å². The molecule has 0 N–H and O–H groups in total. The Hall–Kier alpha value is -3.08. The number of hydrogen-bond donors (Lipinski definition) is 0. The van der Waals surface area contributed by atoms with Gasteiger partial charge in [-0.15, -0.1) is 5.10 Å². The van der Waals surface area contributed by atoms with E-state index in [9.17, 15) is 4.79 Å². The smallest absolute Gasteiger partial charge is 0.311 e. The van der Waals surface area contributed by atoms with E-state index in [1.807, 2.05) is 60.7 Å². The molecule has 0 aliphatic heterocycles. The maximum absolute atomic E-state index is 11.6. The molecule has 0 amide bonds. The molecule has 5 heteroatoms. The van der Waals surface area contributed by atoms with Crippen LogP contribution in [-0.4, -0.2) is 15.7 Å². The highest BCUT2D eigenvalue weighted by molar-refractivity contribution is 5.72. The second kappa shape index (κ2) is 7.46. The van der Waals surface area contributed by atoms with Crippen LogP contribution in [0.4, 0.5) is 0 Å². The van der Waals surface area contributed by atoms with Crippen molar-refractivity contribution in [3.05, 3.63) is 72.4 Å². The van der Waals surface area contributed by atoms with Crippen molar-refractivity contribution in [2.24, 2.45) is 0 Å². The molecule has 0 fully saturated rings. The molecule has 24 heavy (non-hydrogen) atoms. The second-order valence-electron chi connectivity index (χ2n) is 5.18. The number of ether oxygens (including phenoxy) is 2. The van der Waals surface area contributed by atoms with Crippen molar-refractivity contribution in [1.29, 1.82) is 0 Å². The molecular weight excluding hydrogens is 304 g/mol. The predicted molar refractivity (Wildman–Crippen MR) is 90.3 cm³/mol. The zero-order chi connectivity index (χ0) is 16.8. The third-order valence-electron chi connectivity index (χ3n) is 3.40. The molecule has 3 rings (SSSR count). The van der Waals surface area contributed by atoms with Crippen LogP contribution in [0.2, 0.25) is 0 Å². The Bertz CT molecular complexity index is 798. The lowest BCUT2D eigenvalue weighted by molar-refractivity contribution is -0.134. The van der Waals surface area contributed by atoms with Crippen LogP contribution >= 0.6 is 0 Å². The van der Waals surface area contributed by atoms with Crippen LogP contribution in [0, 0.1) is 0 Å². The van der Waals surface area contributed by atoms with Crippen LogP contribution in [0.3, 0.4) is 0 Å². The fourth-order valence-electron chi connectivity index (χ4n) is 2.15. The average Bonchev–Trinajstić information content (AvgIpc) is 3.04. The predicted octanol–water partition coefficient (Wildman–Crippen LogP) is 3.77. The van der Waals surface area contributed by atoms with E-state index in [2.05, 4.69) is 5.10 Å².